The minimum absolute atomic E-state index is 0.0364. The minimum Gasteiger partial charge on any atom is -0.479 e. The van der Waals surface area contributed by atoms with Crippen LogP contribution in [0.1, 0.15) is 11.3 Å². The van der Waals surface area contributed by atoms with Crippen LogP contribution in [-0.2, 0) is 17.6 Å². The Hall–Kier alpha value is -2.74. The van der Waals surface area contributed by atoms with Gasteiger partial charge in [-0.3, -0.25) is 5.10 Å². The fourth-order valence-corrected chi connectivity index (χ4v) is 2.95. The van der Waals surface area contributed by atoms with E-state index in [0.29, 0.717) is 18.9 Å². The van der Waals surface area contributed by atoms with Crippen molar-refractivity contribution in [1.29, 1.82) is 0 Å². The molecular weight excluding hydrogens is 313 g/mol. The zero-order valence-electron chi connectivity index (χ0n) is 13.1. The van der Waals surface area contributed by atoms with Crippen LogP contribution in [0.25, 0.3) is 16.9 Å². The summed E-state index contributed by atoms with van der Waals surface area (Å²) >= 11 is 0. The van der Waals surface area contributed by atoms with E-state index in [1.807, 2.05) is 0 Å². The summed E-state index contributed by atoms with van der Waals surface area (Å²) in [5, 5.41) is 11.5. The lowest BCUT2D eigenvalue weighted by Gasteiger charge is -2.09. The van der Waals surface area contributed by atoms with Crippen molar-refractivity contribution in [3.8, 4) is 22.8 Å². The van der Waals surface area contributed by atoms with E-state index in [2.05, 4.69) is 20.3 Å². The van der Waals surface area contributed by atoms with E-state index in [4.69, 9.17) is 9.47 Å². The summed E-state index contributed by atoms with van der Waals surface area (Å²) in [7, 11) is 1.39. The van der Waals surface area contributed by atoms with Gasteiger partial charge in [-0.1, -0.05) is 0 Å². The molecule has 0 aromatic carbocycles. The maximum Gasteiger partial charge on any atom is 0.250 e. The molecule has 3 aromatic rings. The molecule has 0 fully saturated rings. The SMILES string of the molecule is COc1ncc(-n2nc3c(c2-c2cn[nH]c2)CCOCC3)cc1F. The van der Waals surface area contributed by atoms with Gasteiger partial charge in [-0.2, -0.15) is 10.2 Å². The van der Waals surface area contributed by atoms with E-state index in [1.165, 1.54) is 13.2 Å². The molecule has 7 nitrogen and oxygen atoms in total. The number of aromatic nitrogens is 5. The van der Waals surface area contributed by atoms with Crippen LogP contribution in [0.4, 0.5) is 4.39 Å². The fraction of sp³-hybridized carbons (Fsp3) is 0.312. The van der Waals surface area contributed by atoms with Gasteiger partial charge in [0.15, 0.2) is 5.82 Å². The van der Waals surface area contributed by atoms with E-state index in [-0.39, 0.29) is 5.88 Å². The number of nitrogens with zero attached hydrogens (tertiary/aromatic N) is 4. The Morgan fingerprint density at radius 3 is 2.92 bits per heavy atom. The zero-order valence-corrected chi connectivity index (χ0v) is 13.1. The molecule has 0 amide bonds. The Kier molecular flexibility index (Phi) is 3.73. The lowest BCUT2D eigenvalue weighted by atomic mass is 10.0. The summed E-state index contributed by atoms with van der Waals surface area (Å²) < 4.78 is 26.2. The molecule has 0 saturated carbocycles. The number of aromatic amines is 1. The lowest BCUT2D eigenvalue weighted by molar-refractivity contribution is 0.146. The number of rotatable bonds is 3. The summed E-state index contributed by atoms with van der Waals surface area (Å²) in [5.74, 6) is -0.562. The van der Waals surface area contributed by atoms with Crippen LogP contribution in [0.3, 0.4) is 0 Å². The molecule has 4 heterocycles. The van der Waals surface area contributed by atoms with E-state index in [9.17, 15) is 4.39 Å². The predicted molar refractivity (Wildman–Crippen MR) is 83.7 cm³/mol. The number of methoxy groups -OCH3 is 1. The second-order valence-corrected chi connectivity index (χ2v) is 5.47. The third-order valence-corrected chi connectivity index (χ3v) is 4.05. The molecule has 1 aliphatic heterocycles. The maximum absolute atomic E-state index is 14.1. The summed E-state index contributed by atoms with van der Waals surface area (Å²) in [4.78, 5) is 4.01. The monoisotopic (exact) mass is 329 g/mol. The van der Waals surface area contributed by atoms with Crippen LogP contribution in [0, 0.1) is 5.82 Å². The largest absolute Gasteiger partial charge is 0.479 e. The summed E-state index contributed by atoms with van der Waals surface area (Å²) in [6.07, 6.45) is 6.55. The number of ether oxygens (including phenoxy) is 2. The molecule has 24 heavy (non-hydrogen) atoms. The topological polar surface area (TPSA) is 77.9 Å². The van der Waals surface area contributed by atoms with Gasteiger partial charge in [-0.15, -0.1) is 0 Å². The molecule has 0 spiro atoms. The first kappa shape index (κ1) is 14.8. The molecule has 124 valence electrons. The molecule has 1 N–H and O–H groups in total. The minimum atomic E-state index is -0.526. The number of hydrogen-bond acceptors (Lipinski definition) is 5. The molecule has 0 aliphatic carbocycles. The molecule has 0 saturated heterocycles. The highest BCUT2D eigenvalue weighted by atomic mass is 19.1. The Bertz CT molecular complexity index is 860. The van der Waals surface area contributed by atoms with Crippen LogP contribution in [0.2, 0.25) is 0 Å². The number of hydrogen-bond donors (Lipinski definition) is 1. The van der Waals surface area contributed by atoms with Crippen LogP contribution in [0.15, 0.2) is 24.7 Å². The summed E-state index contributed by atoms with van der Waals surface area (Å²) in [6, 6.07) is 1.37. The van der Waals surface area contributed by atoms with Crippen molar-refractivity contribution in [2.75, 3.05) is 20.3 Å². The lowest BCUT2D eigenvalue weighted by Crippen LogP contribution is -2.04. The van der Waals surface area contributed by atoms with Gasteiger partial charge in [0.2, 0.25) is 5.88 Å². The average molecular weight is 329 g/mol. The zero-order chi connectivity index (χ0) is 16.5. The highest BCUT2D eigenvalue weighted by Crippen LogP contribution is 2.31. The predicted octanol–water partition coefficient (Wildman–Crippen LogP) is 1.92. The first-order chi connectivity index (χ1) is 11.8. The molecule has 3 aromatic heterocycles. The van der Waals surface area contributed by atoms with Crippen molar-refractivity contribution in [2.45, 2.75) is 12.8 Å². The van der Waals surface area contributed by atoms with Gasteiger partial charge in [0, 0.05) is 29.8 Å². The van der Waals surface area contributed by atoms with Gasteiger partial charge < -0.3 is 9.47 Å². The maximum atomic E-state index is 14.1. The molecule has 8 heteroatoms. The van der Waals surface area contributed by atoms with Gasteiger partial charge in [0.1, 0.15) is 0 Å². The Morgan fingerprint density at radius 1 is 1.29 bits per heavy atom. The standard InChI is InChI=1S/C16H16FN5O2/c1-23-16-13(17)6-11(9-18-16)22-15(10-7-19-20-8-10)12-2-4-24-5-3-14(12)21-22/h6-9H,2-5H2,1H3,(H,19,20). The van der Waals surface area contributed by atoms with E-state index < -0.39 is 5.82 Å². The Balaban J connectivity index is 1.90. The molecule has 1 aliphatic rings. The molecule has 0 unspecified atom stereocenters. The van der Waals surface area contributed by atoms with Crippen molar-refractivity contribution >= 4 is 0 Å². The molecule has 4 rings (SSSR count). The number of fused-ring (bicyclic) bond motifs is 1. The first-order valence-corrected chi connectivity index (χ1v) is 7.65. The van der Waals surface area contributed by atoms with Crippen molar-refractivity contribution in [3.05, 3.63) is 41.7 Å². The number of nitrogens with one attached hydrogen (secondary N) is 1. The molecular formula is C16H16FN5O2. The second-order valence-electron chi connectivity index (χ2n) is 5.47. The quantitative estimate of drug-likeness (QED) is 0.794. The van der Waals surface area contributed by atoms with E-state index in [0.717, 1.165) is 35.4 Å². The summed E-state index contributed by atoms with van der Waals surface area (Å²) in [5.41, 5.74) is 4.38. The van der Waals surface area contributed by atoms with Crippen molar-refractivity contribution < 1.29 is 13.9 Å². The first-order valence-electron chi connectivity index (χ1n) is 7.65. The summed E-state index contributed by atoms with van der Waals surface area (Å²) in [6.45, 7) is 1.27. The fourth-order valence-electron chi connectivity index (χ4n) is 2.95. The third kappa shape index (κ3) is 2.44. The van der Waals surface area contributed by atoms with Crippen LogP contribution < -0.4 is 4.74 Å². The third-order valence-electron chi connectivity index (χ3n) is 4.05. The van der Waals surface area contributed by atoms with Gasteiger partial charge in [0.05, 0.1) is 49.8 Å². The highest BCUT2D eigenvalue weighted by Gasteiger charge is 2.23. The Labute approximate surface area is 137 Å². The molecule has 0 radical (unpaired) electrons. The average Bonchev–Trinajstić information content (AvgIpc) is 3.17. The highest BCUT2D eigenvalue weighted by molar-refractivity contribution is 5.66. The van der Waals surface area contributed by atoms with Crippen molar-refractivity contribution in [2.24, 2.45) is 0 Å². The van der Waals surface area contributed by atoms with Gasteiger partial charge in [-0.25, -0.2) is 14.1 Å². The number of H-pyrrole nitrogens is 1. The number of pyridine rings is 1. The van der Waals surface area contributed by atoms with Crippen LogP contribution >= 0.6 is 0 Å². The number of halogens is 1. The van der Waals surface area contributed by atoms with Crippen molar-refractivity contribution in [1.82, 2.24) is 25.0 Å². The molecule has 0 atom stereocenters. The van der Waals surface area contributed by atoms with Crippen LogP contribution in [-0.4, -0.2) is 45.3 Å². The van der Waals surface area contributed by atoms with Gasteiger partial charge >= 0.3 is 0 Å². The normalized spacial score (nSPS) is 14.2. The smallest absolute Gasteiger partial charge is 0.250 e. The van der Waals surface area contributed by atoms with Crippen molar-refractivity contribution in [3.63, 3.8) is 0 Å². The second kappa shape index (κ2) is 6.04. The van der Waals surface area contributed by atoms with Gasteiger partial charge in [-0.05, 0) is 6.42 Å². The van der Waals surface area contributed by atoms with E-state index >= 15 is 0 Å². The van der Waals surface area contributed by atoms with Crippen LogP contribution in [0.5, 0.6) is 5.88 Å². The van der Waals surface area contributed by atoms with E-state index in [1.54, 1.807) is 23.3 Å². The molecule has 0 bridgehead atoms. The Morgan fingerprint density at radius 2 is 2.17 bits per heavy atom. The van der Waals surface area contributed by atoms with Gasteiger partial charge in [0.25, 0.3) is 0 Å².